The van der Waals surface area contributed by atoms with Crippen molar-refractivity contribution in [2.75, 3.05) is 24.5 Å². The van der Waals surface area contributed by atoms with Crippen LogP contribution in [0.15, 0.2) is 30.6 Å². The molecule has 2 N–H and O–H groups in total. The summed E-state index contributed by atoms with van der Waals surface area (Å²) in [5.74, 6) is 1.20. The van der Waals surface area contributed by atoms with E-state index in [2.05, 4.69) is 33.3 Å². The van der Waals surface area contributed by atoms with Gasteiger partial charge >= 0.3 is 0 Å². The molecule has 17 heavy (non-hydrogen) atoms. The van der Waals surface area contributed by atoms with Crippen LogP contribution in [0.1, 0.15) is 19.8 Å². The molecule has 4 heteroatoms. The van der Waals surface area contributed by atoms with Gasteiger partial charge in [-0.2, -0.15) is 0 Å². The molecule has 0 atom stereocenters. The number of nitrogens with zero attached hydrogens (tertiary/aromatic N) is 3. The molecule has 92 valence electrons. The summed E-state index contributed by atoms with van der Waals surface area (Å²) in [4.78, 5) is 6.69. The highest BCUT2D eigenvalue weighted by Crippen LogP contribution is 2.16. The summed E-state index contributed by atoms with van der Waals surface area (Å²) in [6.07, 6.45) is 6.00. The zero-order valence-electron chi connectivity index (χ0n) is 10.3. The molecule has 0 saturated heterocycles. The number of imidazole rings is 1. The maximum Gasteiger partial charge on any atom is 0.138 e. The maximum atomic E-state index is 5.60. The second-order valence-electron chi connectivity index (χ2n) is 4.17. The van der Waals surface area contributed by atoms with Gasteiger partial charge in [0.15, 0.2) is 0 Å². The quantitative estimate of drug-likeness (QED) is 0.827. The Hall–Kier alpha value is -1.55. The predicted molar refractivity (Wildman–Crippen MR) is 71.4 cm³/mol. The average molecular weight is 232 g/mol. The van der Waals surface area contributed by atoms with Crippen LogP contribution in [0.4, 0.5) is 5.82 Å². The molecule has 4 nitrogen and oxygen atoms in total. The summed E-state index contributed by atoms with van der Waals surface area (Å²) < 4.78 is 2.13. The fraction of sp³-hybridized carbons (Fsp3) is 0.462. The van der Waals surface area contributed by atoms with Crippen LogP contribution in [-0.2, 0) is 0 Å². The minimum Gasteiger partial charge on any atom is -0.358 e. The Balaban J connectivity index is 2.30. The predicted octanol–water partition coefficient (Wildman–Crippen LogP) is 1.90. The van der Waals surface area contributed by atoms with Gasteiger partial charge in [0.05, 0.1) is 0 Å². The number of anilines is 1. The molecular formula is C13H20N4. The Labute approximate surface area is 102 Å². The normalized spacial score (nSPS) is 10.9. The van der Waals surface area contributed by atoms with E-state index >= 15 is 0 Å². The number of pyridine rings is 1. The fourth-order valence-corrected chi connectivity index (χ4v) is 2.08. The second kappa shape index (κ2) is 5.68. The molecule has 0 aliphatic heterocycles. The van der Waals surface area contributed by atoms with Crippen molar-refractivity contribution in [3.8, 4) is 0 Å². The molecular weight excluding hydrogens is 212 g/mol. The third kappa shape index (κ3) is 2.58. The Morgan fingerprint density at radius 2 is 2.24 bits per heavy atom. The van der Waals surface area contributed by atoms with Gasteiger partial charge in [-0.15, -0.1) is 0 Å². The summed E-state index contributed by atoms with van der Waals surface area (Å²) >= 11 is 0. The molecule has 2 heterocycles. The minimum atomic E-state index is 0.736. The van der Waals surface area contributed by atoms with E-state index in [1.165, 1.54) is 5.82 Å². The fourth-order valence-electron chi connectivity index (χ4n) is 2.08. The summed E-state index contributed by atoms with van der Waals surface area (Å²) in [5, 5.41) is 0. The lowest BCUT2D eigenvalue weighted by Gasteiger charge is -2.24. The van der Waals surface area contributed by atoms with E-state index in [9.17, 15) is 0 Å². The third-order valence-electron chi connectivity index (χ3n) is 2.86. The van der Waals surface area contributed by atoms with Gasteiger partial charge in [0.1, 0.15) is 11.5 Å². The molecule has 0 spiro atoms. The molecule has 0 saturated carbocycles. The molecule has 0 unspecified atom stereocenters. The zero-order valence-corrected chi connectivity index (χ0v) is 10.3. The summed E-state index contributed by atoms with van der Waals surface area (Å²) in [6, 6.07) is 6.22. The van der Waals surface area contributed by atoms with Crippen LogP contribution >= 0.6 is 0 Å². The van der Waals surface area contributed by atoms with Crippen LogP contribution in [0.5, 0.6) is 0 Å². The smallest absolute Gasteiger partial charge is 0.138 e. The van der Waals surface area contributed by atoms with Crippen LogP contribution in [-0.4, -0.2) is 29.0 Å². The number of aromatic nitrogens is 2. The van der Waals surface area contributed by atoms with Gasteiger partial charge in [-0.05, 0) is 31.5 Å². The highest BCUT2D eigenvalue weighted by atomic mass is 15.2. The monoisotopic (exact) mass is 232 g/mol. The second-order valence-corrected chi connectivity index (χ2v) is 4.17. The van der Waals surface area contributed by atoms with Crippen molar-refractivity contribution in [1.82, 2.24) is 9.38 Å². The van der Waals surface area contributed by atoms with E-state index in [1.54, 1.807) is 0 Å². The highest BCUT2D eigenvalue weighted by molar-refractivity contribution is 5.51. The summed E-state index contributed by atoms with van der Waals surface area (Å²) in [7, 11) is 0. The molecule has 2 rings (SSSR count). The first-order valence-corrected chi connectivity index (χ1v) is 6.24. The first-order valence-electron chi connectivity index (χ1n) is 6.24. The molecule has 0 aliphatic rings. The van der Waals surface area contributed by atoms with Gasteiger partial charge in [0.25, 0.3) is 0 Å². The molecule has 0 bridgehead atoms. The Bertz CT molecular complexity index is 463. The summed E-state index contributed by atoms with van der Waals surface area (Å²) in [5.41, 5.74) is 6.59. The lowest BCUT2D eigenvalue weighted by Crippen LogP contribution is -2.28. The lowest BCUT2D eigenvalue weighted by atomic mass is 10.3. The van der Waals surface area contributed by atoms with E-state index in [4.69, 9.17) is 5.73 Å². The van der Waals surface area contributed by atoms with Gasteiger partial charge in [-0.3, -0.25) is 4.40 Å². The molecule has 0 amide bonds. The summed E-state index contributed by atoms with van der Waals surface area (Å²) in [6.45, 7) is 4.99. The van der Waals surface area contributed by atoms with Gasteiger partial charge in [-0.25, -0.2) is 4.98 Å². The topological polar surface area (TPSA) is 46.6 Å². The Kier molecular flexibility index (Phi) is 3.98. The van der Waals surface area contributed by atoms with Crippen LogP contribution < -0.4 is 10.6 Å². The highest BCUT2D eigenvalue weighted by Gasteiger charge is 2.08. The van der Waals surface area contributed by atoms with Crippen molar-refractivity contribution in [2.45, 2.75) is 19.8 Å². The van der Waals surface area contributed by atoms with E-state index in [0.29, 0.717) is 0 Å². The van der Waals surface area contributed by atoms with Gasteiger partial charge in [0.2, 0.25) is 0 Å². The number of nitrogens with two attached hydrogens (primary N) is 1. The molecule has 2 aromatic rings. The van der Waals surface area contributed by atoms with Gasteiger partial charge in [-0.1, -0.05) is 13.0 Å². The van der Waals surface area contributed by atoms with Crippen LogP contribution in [0, 0.1) is 0 Å². The Morgan fingerprint density at radius 3 is 3.00 bits per heavy atom. The third-order valence-corrected chi connectivity index (χ3v) is 2.86. The first-order chi connectivity index (χ1) is 8.36. The molecule has 0 radical (unpaired) electrons. The van der Waals surface area contributed by atoms with Crippen LogP contribution in [0.25, 0.3) is 5.65 Å². The van der Waals surface area contributed by atoms with Crippen LogP contribution in [0.3, 0.4) is 0 Å². The molecule has 2 aromatic heterocycles. The van der Waals surface area contributed by atoms with Gasteiger partial charge in [0, 0.05) is 25.5 Å². The largest absolute Gasteiger partial charge is 0.358 e. The number of hydrogen-bond donors (Lipinski definition) is 1. The maximum absolute atomic E-state index is 5.60. The van der Waals surface area contributed by atoms with Crippen molar-refractivity contribution >= 4 is 11.5 Å². The SMILES string of the molecule is CCCN(CCCN)c1cccc2nccn12. The van der Waals surface area contributed by atoms with E-state index in [-0.39, 0.29) is 0 Å². The van der Waals surface area contributed by atoms with Crippen molar-refractivity contribution in [3.05, 3.63) is 30.6 Å². The minimum absolute atomic E-state index is 0.736. The lowest BCUT2D eigenvalue weighted by molar-refractivity contribution is 0.708. The molecule has 0 aromatic carbocycles. The number of rotatable bonds is 6. The molecule has 0 aliphatic carbocycles. The zero-order chi connectivity index (χ0) is 12.1. The molecule has 0 fully saturated rings. The van der Waals surface area contributed by atoms with E-state index in [1.807, 2.05) is 18.5 Å². The van der Waals surface area contributed by atoms with Crippen LogP contribution in [0.2, 0.25) is 0 Å². The van der Waals surface area contributed by atoms with Crippen molar-refractivity contribution in [3.63, 3.8) is 0 Å². The van der Waals surface area contributed by atoms with Crippen molar-refractivity contribution < 1.29 is 0 Å². The number of hydrogen-bond acceptors (Lipinski definition) is 3. The standard InChI is InChI=1S/C13H20N4/c1-2-9-16(10-4-7-14)13-6-3-5-12-15-8-11-17(12)13/h3,5-6,8,11H,2,4,7,9-10,14H2,1H3. The van der Waals surface area contributed by atoms with Crippen molar-refractivity contribution in [1.29, 1.82) is 0 Å². The van der Waals surface area contributed by atoms with Crippen molar-refractivity contribution in [2.24, 2.45) is 5.73 Å². The van der Waals surface area contributed by atoms with Gasteiger partial charge < -0.3 is 10.6 Å². The Morgan fingerprint density at radius 1 is 1.35 bits per heavy atom. The van der Waals surface area contributed by atoms with E-state index in [0.717, 1.165) is 38.1 Å². The first kappa shape index (κ1) is 11.9. The van der Waals surface area contributed by atoms with E-state index < -0.39 is 0 Å². The average Bonchev–Trinajstić information content (AvgIpc) is 2.82. The number of fused-ring (bicyclic) bond motifs is 1.